The van der Waals surface area contributed by atoms with Gasteiger partial charge >= 0.3 is 0 Å². The van der Waals surface area contributed by atoms with Gasteiger partial charge in [-0.05, 0) is 54.2 Å². The number of rotatable bonds is 5. The fraction of sp³-hybridized carbons (Fsp3) is 0.455. The Morgan fingerprint density at radius 1 is 1.43 bits per heavy atom. The van der Waals surface area contributed by atoms with E-state index < -0.39 is 0 Å². The Bertz CT molecular complexity index is 278. The van der Waals surface area contributed by atoms with Crippen molar-refractivity contribution in [2.75, 3.05) is 12.8 Å². The summed E-state index contributed by atoms with van der Waals surface area (Å²) in [5.74, 6) is 1.16. The van der Waals surface area contributed by atoms with Crippen molar-refractivity contribution in [2.45, 2.75) is 24.3 Å². The van der Waals surface area contributed by atoms with E-state index in [2.05, 4.69) is 46.4 Å². The van der Waals surface area contributed by atoms with Crippen LogP contribution in [0.4, 0.5) is 0 Å². The van der Waals surface area contributed by atoms with Gasteiger partial charge in [-0.15, -0.1) is 11.8 Å². The lowest BCUT2D eigenvalue weighted by Gasteiger charge is -2.09. The van der Waals surface area contributed by atoms with E-state index in [0.29, 0.717) is 6.04 Å². The minimum atomic E-state index is 0.602. The molecule has 0 bridgehead atoms. The smallest absolute Gasteiger partial charge is 0.0311 e. The van der Waals surface area contributed by atoms with Crippen LogP contribution in [0.15, 0.2) is 33.6 Å². The molecule has 0 spiro atoms. The summed E-state index contributed by atoms with van der Waals surface area (Å²) < 4.78 is 1.20. The van der Waals surface area contributed by atoms with Crippen LogP contribution < -0.4 is 5.32 Å². The molecule has 0 aliphatic carbocycles. The molecule has 0 aromatic heterocycles. The van der Waals surface area contributed by atoms with E-state index in [1.807, 2.05) is 24.9 Å². The molecule has 78 valence electrons. The van der Waals surface area contributed by atoms with Crippen molar-refractivity contribution in [1.82, 2.24) is 5.32 Å². The molecule has 1 aromatic carbocycles. The van der Waals surface area contributed by atoms with E-state index in [1.54, 1.807) is 0 Å². The van der Waals surface area contributed by atoms with Gasteiger partial charge in [-0.3, -0.25) is 0 Å². The van der Waals surface area contributed by atoms with Crippen LogP contribution in [0, 0.1) is 0 Å². The van der Waals surface area contributed by atoms with Gasteiger partial charge in [0.05, 0.1) is 0 Å². The maximum Gasteiger partial charge on any atom is 0.0311 e. The molecule has 1 N–H and O–H groups in total. The van der Waals surface area contributed by atoms with E-state index in [0.717, 1.165) is 5.75 Å². The molecule has 1 rings (SSSR count). The lowest BCUT2D eigenvalue weighted by molar-refractivity contribution is 0.598. The minimum absolute atomic E-state index is 0.602. The monoisotopic (exact) mass is 273 g/mol. The Hall–Kier alpha value is 0.01000. The number of hydrogen-bond acceptors (Lipinski definition) is 2. The van der Waals surface area contributed by atoms with Gasteiger partial charge < -0.3 is 5.32 Å². The third-order valence-corrected chi connectivity index (χ3v) is 4.20. The van der Waals surface area contributed by atoms with Gasteiger partial charge in [0.1, 0.15) is 0 Å². The first-order chi connectivity index (χ1) is 6.74. The van der Waals surface area contributed by atoms with Crippen LogP contribution in [0.3, 0.4) is 0 Å². The molecule has 0 heterocycles. The molecule has 0 amide bonds. The quantitative estimate of drug-likeness (QED) is 0.824. The fourth-order valence-electron chi connectivity index (χ4n) is 1.05. The van der Waals surface area contributed by atoms with Crippen molar-refractivity contribution in [3.05, 3.63) is 28.7 Å². The van der Waals surface area contributed by atoms with Gasteiger partial charge in [0.25, 0.3) is 0 Å². The van der Waals surface area contributed by atoms with Crippen LogP contribution in [0.1, 0.15) is 13.3 Å². The van der Waals surface area contributed by atoms with E-state index in [-0.39, 0.29) is 0 Å². The second-order valence-corrected chi connectivity index (χ2v) is 5.25. The Labute approximate surface area is 98.8 Å². The summed E-state index contributed by atoms with van der Waals surface area (Å²) in [6, 6.07) is 8.96. The molecule has 14 heavy (non-hydrogen) atoms. The molecule has 1 nitrogen and oxygen atoms in total. The maximum absolute atomic E-state index is 3.54. The van der Waals surface area contributed by atoms with Gasteiger partial charge in [0, 0.05) is 15.4 Å². The van der Waals surface area contributed by atoms with Crippen LogP contribution in [0.5, 0.6) is 0 Å². The molecule has 0 saturated heterocycles. The van der Waals surface area contributed by atoms with Gasteiger partial charge in [-0.1, -0.05) is 12.1 Å². The van der Waals surface area contributed by atoms with Crippen LogP contribution in [-0.4, -0.2) is 18.8 Å². The predicted molar refractivity (Wildman–Crippen MR) is 68.0 cm³/mol. The lowest BCUT2D eigenvalue weighted by Crippen LogP contribution is -2.21. The van der Waals surface area contributed by atoms with E-state index in [9.17, 15) is 0 Å². The highest BCUT2D eigenvalue weighted by Crippen LogP contribution is 2.27. The normalized spacial score (nSPS) is 12.8. The molecule has 3 heteroatoms. The van der Waals surface area contributed by atoms with E-state index in [1.165, 1.54) is 15.8 Å². The largest absolute Gasteiger partial charge is 0.317 e. The topological polar surface area (TPSA) is 12.0 Å². The summed E-state index contributed by atoms with van der Waals surface area (Å²) in [7, 11) is 2.01. The molecule has 1 unspecified atom stereocenters. The van der Waals surface area contributed by atoms with Crippen molar-refractivity contribution in [2.24, 2.45) is 0 Å². The van der Waals surface area contributed by atoms with Crippen molar-refractivity contribution in [3.63, 3.8) is 0 Å². The highest BCUT2D eigenvalue weighted by molar-refractivity contribution is 9.10. The zero-order valence-electron chi connectivity index (χ0n) is 8.59. The Morgan fingerprint density at radius 3 is 2.79 bits per heavy atom. The van der Waals surface area contributed by atoms with Gasteiger partial charge in [-0.2, -0.15) is 0 Å². The van der Waals surface area contributed by atoms with Crippen LogP contribution in [0.2, 0.25) is 0 Å². The number of benzene rings is 1. The van der Waals surface area contributed by atoms with Crippen molar-refractivity contribution < 1.29 is 0 Å². The minimum Gasteiger partial charge on any atom is -0.317 e. The molecular weight excluding hydrogens is 258 g/mol. The molecule has 0 aliphatic heterocycles. The van der Waals surface area contributed by atoms with Gasteiger partial charge in [0.2, 0.25) is 0 Å². The standard InChI is InChI=1S/C11H16BrNS/c1-9(13-2)7-8-14-11-6-4-3-5-10(11)12/h3-6,9,13H,7-8H2,1-2H3. The third-order valence-electron chi connectivity index (χ3n) is 2.14. The van der Waals surface area contributed by atoms with E-state index in [4.69, 9.17) is 0 Å². The molecule has 1 atom stereocenters. The second-order valence-electron chi connectivity index (χ2n) is 3.26. The van der Waals surface area contributed by atoms with Gasteiger partial charge in [-0.25, -0.2) is 0 Å². The van der Waals surface area contributed by atoms with Crippen molar-refractivity contribution >= 4 is 27.7 Å². The first-order valence-corrected chi connectivity index (χ1v) is 6.56. The number of halogens is 1. The molecule has 0 saturated carbocycles. The van der Waals surface area contributed by atoms with Crippen molar-refractivity contribution in [1.29, 1.82) is 0 Å². The Kier molecular flexibility index (Phi) is 5.60. The Morgan fingerprint density at radius 2 is 2.14 bits per heavy atom. The summed E-state index contributed by atoms with van der Waals surface area (Å²) in [4.78, 5) is 1.33. The molecule has 0 aliphatic rings. The summed E-state index contributed by atoms with van der Waals surface area (Å²) in [5.41, 5.74) is 0. The third kappa shape index (κ3) is 4.03. The lowest BCUT2D eigenvalue weighted by atomic mass is 10.3. The fourth-order valence-corrected chi connectivity index (χ4v) is 2.75. The van der Waals surface area contributed by atoms with Gasteiger partial charge in [0.15, 0.2) is 0 Å². The highest BCUT2D eigenvalue weighted by Gasteiger charge is 2.01. The number of thioether (sulfide) groups is 1. The number of hydrogen-bond donors (Lipinski definition) is 1. The average Bonchev–Trinajstić information content (AvgIpc) is 2.20. The van der Waals surface area contributed by atoms with Crippen LogP contribution in [-0.2, 0) is 0 Å². The summed E-state index contributed by atoms with van der Waals surface area (Å²) in [6.45, 7) is 2.21. The summed E-state index contributed by atoms with van der Waals surface area (Å²) >= 11 is 5.45. The molecule has 0 fully saturated rings. The number of nitrogens with one attached hydrogen (secondary N) is 1. The zero-order valence-corrected chi connectivity index (χ0v) is 11.0. The molecule has 0 radical (unpaired) electrons. The summed E-state index contributed by atoms with van der Waals surface area (Å²) in [5, 5.41) is 3.24. The van der Waals surface area contributed by atoms with E-state index >= 15 is 0 Å². The second kappa shape index (κ2) is 6.49. The summed E-state index contributed by atoms with van der Waals surface area (Å²) in [6.07, 6.45) is 1.20. The maximum atomic E-state index is 3.54. The molecular formula is C11H16BrNS. The first kappa shape index (κ1) is 12.1. The van der Waals surface area contributed by atoms with Crippen LogP contribution in [0.25, 0.3) is 0 Å². The first-order valence-electron chi connectivity index (χ1n) is 4.78. The van der Waals surface area contributed by atoms with Crippen LogP contribution >= 0.6 is 27.7 Å². The predicted octanol–water partition coefficient (Wildman–Crippen LogP) is 3.54. The zero-order chi connectivity index (χ0) is 10.4. The highest BCUT2D eigenvalue weighted by atomic mass is 79.9. The SMILES string of the molecule is CNC(C)CCSc1ccccc1Br. The Balaban J connectivity index is 2.35. The van der Waals surface area contributed by atoms with Crippen molar-refractivity contribution in [3.8, 4) is 0 Å². The molecule has 1 aromatic rings. The average molecular weight is 274 g/mol.